The maximum absolute atomic E-state index is 10.6. The van der Waals surface area contributed by atoms with Crippen LogP contribution >= 0.6 is 11.3 Å². The van der Waals surface area contributed by atoms with Crippen molar-refractivity contribution in [3.8, 4) is 5.75 Å². The summed E-state index contributed by atoms with van der Waals surface area (Å²) in [6, 6.07) is 5.68. The molecule has 1 heterocycles. The number of aliphatic carboxylic acids is 1. The van der Waals surface area contributed by atoms with E-state index in [1.54, 1.807) is 7.11 Å². The van der Waals surface area contributed by atoms with Crippen molar-refractivity contribution in [1.29, 1.82) is 0 Å². The molecule has 0 aliphatic rings. The summed E-state index contributed by atoms with van der Waals surface area (Å²) >= 11 is 1.52. The number of ether oxygens (including phenoxy) is 1. The minimum atomic E-state index is -0.808. The quantitative estimate of drug-likeness (QED) is 0.868. The van der Waals surface area contributed by atoms with Crippen LogP contribution in [0, 0.1) is 0 Å². The third-order valence-corrected chi connectivity index (χ3v) is 3.26. The lowest BCUT2D eigenvalue weighted by Gasteiger charge is -2.00. The average molecular weight is 222 g/mol. The van der Waals surface area contributed by atoms with E-state index in [2.05, 4.69) is 0 Å². The van der Waals surface area contributed by atoms with E-state index in [1.807, 2.05) is 23.6 Å². The second kappa shape index (κ2) is 3.90. The summed E-state index contributed by atoms with van der Waals surface area (Å²) in [7, 11) is 1.62. The number of fused-ring (bicyclic) bond motifs is 1. The topological polar surface area (TPSA) is 46.5 Å². The molecule has 0 spiro atoms. The zero-order valence-electron chi connectivity index (χ0n) is 8.19. The van der Waals surface area contributed by atoms with E-state index in [-0.39, 0.29) is 6.42 Å². The Bertz CT molecular complexity index is 502. The van der Waals surface area contributed by atoms with Crippen molar-refractivity contribution < 1.29 is 14.6 Å². The van der Waals surface area contributed by atoms with Crippen LogP contribution in [0.1, 0.15) is 5.56 Å². The third-order valence-electron chi connectivity index (χ3n) is 2.21. The number of thiophene rings is 1. The summed E-state index contributed by atoms with van der Waals surface area (Å²) in [4.78, 5) is 10.6. The SMILES string of the molecule is COc1cccc2c(CC(=O)O)csc12. The van der Waals surface area contributed by atoms with E-state index >= 15 is 0 Å². The van der Waals surface area contributed by atoms with Gasteiger partial charge in [0.2, 0.25) is 0 Å². The molecule has 0 aliphatic carbocycles. The Labute approximate surface area is 90.9 Å². The van der Waals surface area contributed by atoms with E-state index in [0.717, 1.165) is 21.4 Å². The van der Waals surface area contributed by atoms with E-state index < -0.39 is 5.97 Å². The van der Waals surface area contributed by atoms with E-state index in [9.17, 15) is 4.79 Å². The minimum Gasteiger partial charge on any atom is -0.495 e. The maximum Gasteiger partial charge on any atom is 0.307 e. The van der Waals surface area contributed by atoms with Gasteiger partial charge in [-0.05, 0) is 22.4 Å². The molecule has 78 valence electrons. The van der Waals surface area contributed by atoms with Gasteiger partial charge < -0.3 is 9.84 Å². The van der Waals surface area contributed by atoms with Gasteiger partial charge in [-0.15, -0.1) is 11.3 Å². The Kier molecular flexibility index (Phi) is 2.60. The predicted molar refractivity (Wildman–Crippen MR) is 59.7 cm³/mol. The number of methoxy groups -OCH3 is 1. The molecule has 0 saturated carbocycles. The zero-order chi connectivity index (χ0) is 10.8. The second-order valence-electron chi connectivity index (χ2n) is 3.17. The van der Waals surface area contributed by atoms with Gasteiger partial charge in [0.15, 0.2) is 0 Å². The largest absolute Gasteiger partial charge is 0.495 e. The summed E-state index contributed by atoms with van der Waals surface area (Å²) in [6.07, 6.45) is 0.0627. The number of carboxylic acid groups (broad SMARTS) is 1. The van der Waals surface area contributed by atoms with Crippen molar-refractivity contribution in [3.05, 3.63) is 29.1 Å². The highest BCUT2D eigenvalue weighted by molar-refractivity contribution is 7.17. The van der Waals surface area contributed by atoms with Crippen LogP contribution < -0.4 is 4.74 Å². The van der Waals surface area contributed by atoms with Crippen LogP contribution in [0.25, 0.3) is 10.1 Å². The highest BCUT2D eigenvalue weighted by atomic mass is 32.1. The van der Waals surface area contributed by atoms with Crippen LogP contribution in [-0.2, 0) is 11.2 Å². The predicted octanol–water partition coefficient (Wildman–Crippen LogP) is 2.54. The molecular formula is C11H10O3S. The highest BCUT2D eigenvalue weighted by Gasteiger charge is 2.10. The number of carbonyl (C=O) groups is 1. The summed E-state index contributed by atoms with van der Waals surface area (Å²) in [5, 5.41) is 11.6. The lowest BCUT2D eigenvalue weighted by molar-refractivity contribution is -0.136. The Morgan fingerprint density at radius 2 is 2.33 bits per heavy atom. The first-order chi connectivity index (χ1) is 7.22. The number of rotatable bonds is 3. The van der Waals surface area contributed by atoms with Crippen LogP contribution in [0.15, 0.2) is 23.6 Å². The molecule has 0 fully saturated rings. The molecule has 15 heavy (non-hydrogen) atoms. The van der Waals surface area contributed by atoms with Gasteiger partial charge in [0, 0.05) is 0 Å². The zero-order valence-corrected chi connectivity index (χ0v) is 9.00. The summed E-state index contributed by atoms with van der Waals surface area (Å²) < 4.78 is 6.22. The molecule has 0 radical (unpaired) electrons. The minimum absolute atomic E-state index is 0.0627. The molecule has 0 saturated heterocycles. The molecule has 0 unspecified atom stereocenters. The van der Waals surface area contributed by atoms with Gasteiger partial charge in [0.25, 0.3) is 0 Å². The molecule has 0 amide bonds. The van der Waals surface area contributed by atoms with Gasteiger partial charge in [-0.1, -0.05) is 12.1 Å². The second-order valence-corrected chi connectivity index (χ2v) is 4.05. The molecule has 1 N–H and O–H groups in total. The van der Waals surface area contributed by atoms with Crippen LogP contribution in [0.4, 0.5) is 0 Å². The van der Waals surface area contributed by atoms with Crippen molar-refractivity contribution in [2.45, 2.75) is 6.42 Å². The van der Waals surface area contributed by atoms with Crippen molar-refractivity contribution in [1.82, 2.24) is 0 Å². The van der Waals surface area contributed by atoms with Crippen molar-refractivity contribution in [2.24, 2.45) is 0 Å². The number of hydrogen-bond acceptors (Lipinski definition) is 3. The molecule has 3 nitrogen and oxygen atoms in total. The molecule has 2 aromatic rings. The Balaban J connectivity index is 2.55. The fraction of sp³-hybridized carbons (Fsp3) is 0.182. The molecule has 1 aromatic carbocycles. The molecule has 4 heteroatoms. The smallest absolute Gasteiger partial charge is 0.307 e. The summed E-state index contributed by atoms with van der Waals surface area (Å²) in [6.45, 7) is 0. The fourth-order valence-corrected chi connectivity index (χ4v) is 2.61. The van der Waals surface area contributed by atoms with Crippen molar-refractivity contribution >= 4 is 27.4 Å². The van der Waals surface area contributed by atoms with E-state index in [0.29, 0.717) is 0 Å². The lowest BCUT2D eigenvalue weighted by Crippen LogP contribution is -1.98. The van der Waals surface area contributed by atoms with Crippen LogP contribution in [0.2, 0.25) is 0 Å². The third kappa shape index (κ3) is 1.80. The summed E-state index contributed by atoms with van der Waals surface area (Å²) in [5.74, 6) is -0.00772. The first-order valence-electron chi connectivity index (χ1n) is 4.47. The molecule has 0 atom stereocenters. The van der Waals surface area contributed by atoms with E-state index in [1.165, 1.54) is 11.3 Å². The van der Waals surface area contributed by atoms with Gasteiger partial charge in [-0.3, -0.25) is 4.79 Å². The Hall–Kier alpha value is -1.55. The van der Waals surface area contributed by atoms with Gasteiger partial charge >= 0.3 is 5.97 Å². The lowest BCUT2D eigenvalue weighted by atomic mass is 10.1. The first-order valence-corrected chi connectivity index (χ1v) is 5.35. The average Bonchev–Trinajstić information content (AvgIpc) is 2.61. The van der Waals surface area contributed by atoms with Crippen LogP contribution in [0.5, 0.6) is 5.75 Å². The van der Waals surface area contributed by atoms with Crippen molar-refractivity contribution in [2.75, 3.05) is 7.11 Å². The molecule has 0 aliphatic heterocycles. The van der Waals surface area contributed by atoms with Gasteiger partial charge in [0.1, 0.15) is 5.75 Å². The molecule has 2 rings (SSSR count). The monoisotopic (exact) mass is 222 g/mol. The van der Waals surface area contributed by atoms with Gasteiger partial charge in [-0.2, -0.15) is 0 Å². The summed E-state index contributed by atoms with van der Waals surface area (Å²) in [5.41, 5.74) is 0.849. The number of benzene rings is 1. The number of hydrogen-bond donors (Lipinski definition) is 1. The standard InChI is InChI=1S/C11H10O3S/c1-14-9-4-2-3-8-7(5-10(12)13)6-15-11(8)9/h2-4,6H,5H2,1H3,(H,12,13). The normalized spacial score (nSPS) is 10.5. The first kappa shape index (κ1) is 9.98. The van der Waals surface area contributed by atoms with Crippen molar-refractivity contribution in [3.63, 3.8) is 0 Å². The van der Waals surface area contributed by atoms with Gasteiger partial charge in [0.05, 0.1) is 18.2 Å². The number of carboxylic acids is 1. The fourth-order valence-electron chi connectivity index (χ4n) is 1.54. The molecule has 0 bridgehead atoms. The Morgan fingerprint density at radius 3 is 3.00 bits per heavy atom. The van der Waals surface area contributed by atoms with Gasteiger partial charge in [-0.25, -0.2) is 0 Å². The van der Waals surface area contributed by atoms with Crippen LogP contribution in [0.3, 0.4) is 0 Å². The maximum atomic E-state index is 10.6. The molecular weight excluding hydrogens is 212 g/mol. The molecule has 1 aromatic heterocycles. The Morgan fingerprint density at radius 1 is 1.53 bits per heavy atom. The highest BCUT2D eigenvalue weighted by Crippen LogP contribution is 2.33. The van der Waals surface area contributed by atoms with Crippen LogP contribution in [-0.4, -0.2) is 18.2 Å². The van der Waals surface area contributed by atoms with E-state index in [4.69, 9.17) is 9.84 Å².